The lowest BCUT2D eigenvalue weighted by Crippen LogP contribution is -2.33. The van der Waals surface area contributed by atoms with Gasteiger partial charge in [0, 0.05) is 9.61 Å². The lowest BCUT2D eigenvalue weighted by atomic mass is 9.85. The second kappa shape index (κ2) is 4.39. The number of hydrogen-bond donors (Lipinski definition) is 0. The summed E-state index contributed by atoms with van der Waals surface area (Å²) in [5.41, 5.74) is 4.21. The molecule has 0 spiro atoms. The minimum atomic E-state index is 0.221. The van der Waals surface area contributed by atoms with Gasteiger partial charge < -0.3 is 0 Å². The molecule has 0 aromatic heterocycles. The molecule has 2 aliphatic heterocycles. The Labute approximate surface area is 118 Å². The van der Waals surface area contributed by atoms with Crippen molar-refractivity contribution in [1.82, 2.24) is 0 Å². The van der Waals surface area contributed by atoms with E-state index in [9.17, 15) is 0 Å². The van der Waals surface area contributed by atoms with Gasteiger partial charge in [-0.1, -0.05) is 43.9 Å². The Bertz CT molecular complexity index is 652. The van der Waals surface area contributed by atoms with E-state index < -0.39 is 0 Å². The quantitative estimate of drug-likeness (QED) is 0.445. The summed E-state index contributed by atoms with van der Waals surface area (Å²) >= 11 is 0. The van der Waals surface area contributed by atoms with Crippen LogP contribution in [0.5, 0.6) is 0 Å². The van der Waals surface area contributed by atoms with Gasteiger partial charge in [0.2, 0.25) is 0 Å². The smallest absolute Gasteiger partial charge is 0.0726 e. The van der Waals surface area contributed by atoms with Crippen molar-refractivity contribution in [2.75, 3.05) is 0 Å². The van der Waals surface area contributed by atoms with Crippen LogP contribution >= 0.6 is 10.5 Å². The molecule has 0 bridgehead atoms. The predicted molar refractivity (Wildman–Crippen MR) is 87.3 cm³/mol. The number of fused-ring (bicyclic) bond motifs is 2. The van der Waals surface area contributed by atoms with Gasteiger partial charge in [-0.15, -0.1) is 0 Å². The van der Waals surface area contributed by atoms with Crippen LogP contribution in [0.4, 0.5) is 0 Å². The van der Waals surface area contributed by atoms with Crippen LogP contribution in [0.3, 0.4) is 0 Å². The fourth-order valence-corrected chi connectivity index (χ4v) is 5.68. The summed E-state index contributed by atoms with van der Waals surface area (Å²) in [6.07, 6.45) is 10.0. The summed E-state index contributed by atoms with van der Waals surface area (Å²) in [5, 5.41) is 2.39. The Kier molecular flexibility index (Phi) is 2.95. The summed E-state index contributed by atoms with van der Waals surface area (Å²) in [7, 11) is 0.221. The summed E-state index contributed by atoms with van der Waals surface area (Å²) in [6, 6.07) is 0. The van der Waals surface area contributed by atoms with Gasteiger partial charge in [-0.25, -0.2) is 0 Å². The zero-order valence-corrected chi connectivity index (χ0v) is 12.9. The first-order valence-electron chi connectivity index (χ1n) is 6.83. The molecule has 0 fully saturated rings. The van der Waals surface area contributed by atoms with Crippen LogP contribution in [0.15, 0.2) is 46.4 Å². The van der Waals surface area contributed by atoms with Crippen LogP contribution in [0.25, 0.3) is 0 Å². The summed E-state index contributed by atoms with van der Waals surface area (Å²) in [5.74, 6) is 7.07. The van der Waals surface area contributed by atoms with Gasteiger partial charge in [0.25, 0.3) is 0 Å². The molecule has 3 aliphatic rings. The van der Waals surface area contributed by atoms with Crippen molar-refractivity contribution in [3.8, 4) is 11.8 Å². The molecule has 0 amide bonds. The van der Waals surface area contributed by atoms with Crippen molar-refractivity contribution in [1.29, 1.82) is 0 Å². The molecule has 0 nitrogen and oxygen atoms in total. The van der Waals surface area contributed by atoms with Gasteiger partial charge in [-0.3, -0.25) is 0 Å². The van der Waals surface area contributed by atoms with Crippen molar-refractivity contribution in [2.24, 2.45) is 5.92 Å². The maximum atomic E-state index is 3.48. The van der Waals surface area contributed by atoms with E-state index in [1.807, 2.05) is 0 Å². The first kappa shape index (κ1) is 12.8. The third-order valence-corrected chi connectivity index (χ3v) is 6.78. The molecule has 2 unspecified atom stereocenters. The highest BCUT2D eigenvalue weighted by Gasteiger charge is 2.37. The van der Waals surface area contributed by atoms with Crippen LogP contribution in [-0.2, 0) is 0 Å². The van der Waals surface area contributed by atoms with Gasteiger partial charge >= 0.3 is 0 Å². The molecule has 2 heterocycles. The lowest BCUT2D eigenvalue weighted by molar-refractivity contribution is 0.673. The van der Waals surface area contributed by atoms with E-state index in [0.29, 0.717) is 10.7 Å². The molecule has 1 heteroatoms. The zero-order chi connectivity index (χ0) is 13.6. The molecule has 0 N–H and O–H groups in total. The van der Waals surface area contributed by atoms with E-state index in [1.165, 1.54) is 16.7 Å². The van der Waals surface area contributed by atoms with Gasteiger partial charge in [-0.05, 0) is 48.5 Å². The van der Waals surface area contributed by atoms with Crippen molar-refractivity contribution in [3.05, 3.63) is 46.4 Å². The zero-order valence-electron chi connectivity index (χ0n) is 12.1. The molecule has 0 radical (unpaired) electrons. The highest BCUT2D eigenvalue weighted by atomic mass is 32.2. The van der Waals surface area contributed by atoms with Crippen molar-refractivity contribution in [3.63, 3.8) is 0 Å². The van der Waals surface area contributed by atoms with E-state index >= 15 is 0 Å². The average molecular weight is 268 g/mol. The topological polar surface area (TPSA) is 0 Å². The van der Waals surface area contributed by atoms with Gasteiger partial charge in [-0.2, -0.15) is 10.5 Å². The standard InChI is InChI=1S/C18H20S/c1-13-7-5-9-16-15(11-13)12-18(3,4)19-10-6-8-14(2)17(16)19/h6-8,10-11,16H,12H2,1-4H3. The van der Waals surface area contributed by atoms with Gasteiger partial charge in [0.05, 0.1) is 5.92 Å². The predicted octanol–water partition coefficient (Wildman–Crippen LogP) is 4.59. The lowest BCUT2D eigenvalue weighted by Gasteiger charge is -2.40. The Morgan fingerprint density at radius 2 is 2.11 bits per heavy atom. The number of rotatable bonds is 0. The van der Waals surface area contributed by atoms with Crippen molar-refractivity contribution in [2.45, 2.75) is 38.9 Å². The fourth-order valence-electron chi connectivity index (χ4n) is 3.13. The molecule has 3 rings (SSSR count). The third kappa shape index (κ3) is 2.09. The SMILES string of the molecule is CC1=CC#CC2C(=C1)CC(C)(C)S1=C2C(C)=CC=C1. The molecule has 0 aromatic carbocycles. The molecule has 0 saturated heterocycles. The van der Waals surface area contributed by atoms with Crippen LogP contribution < -0.4 is 0 Å². The first-order chi connectivity index (χ1) is 8.99. The van der Waals surface area contributed by atoms with E-state index in [4.69, 9.17) is 0 Å². The Morgan fingerprint density at radius 3 is 2.89 bits per heavy atom. The highest BCUT2D eigenvalue weighted by Crippen LogP contribution is 2.50. The van der Waals surface area contributed by atoms with Gasteiger partial charge in [0.15, 0.2) is 0 Å². The Hall–Kier alpha value is -1.26. The van der Waals surface area contributed by atoms with Crippen molar-refractivity contribution >= 4 is 15.3 Å². The van der Waals surface area contributed by atoms with Crippen LogP contribution in [0, 0.1) is 17.8 Å². The van der Waals surface area contributed by atoms with Crippen molar-refractivity contribution < 1.29 is 0 Å². The summed E-state index contributed by atoms with van der Waals surface area (Å²) in [4.78, 5) is 1.56. The summed E-state index contributed by atoms with van der Waals surface area (Å²) < 4.78 is 0.315. The highest BCUT2D eigenvalue weighted by molar-refractivity contribution is 8.20. The molecule has 98 valence electrons. The second-order valence-corrected chi connectivity index (χ2v) is 8.64. The third-order valence-electron chi connectivity index (χ3n) is 3.99. The normalized spacial score (nSPS) is 30.9. The first-order valence-corrected chi connectivity index (χ1v) is 8.12. The maximum absolute atomic E-state index is 3.48. The van der Waals surface area contributed by atoms with E-state index in [0.717, 1.165) is 6.42 Å². The minimum Gasteiger partial charge on any atom is -0.151 e. The number of hydrogen-bond acceptors (Lipinski definition) is 0. The van der Waals surface area contributed by atoms with Crippen LogP contribution in [-0.4, -0.2) is 9.61 Å². The monoisotopic (exact) mass is 268 g/mol. The van der Waals surface area contributed by atoms with Crippen LogP contribution in [0.1, 0.15) is 34.1 Å². The Balaban J connectivity index is 2.24. The van der Waals surface area contributed by atoms with E-state index in [-0.39, 0.29) is 10.5 Å². The average Bonchev–Trinajstić information content (AvgIpc) is 2.50. The molecule has 1 aliphatic carbocycles. The largest absolute Gasteiger partial charge is 0.151 e. The number of allylic oxidation sites excluding steroid dienone is 7. The molecule has 0 aromatic rings. The molecule has 2 atom stereocenters. The van der Waals surface area contributed by atoms with Gasteiger partial charge in [0.1, 0.15) is 0 Å². The molecule has 0 saturated carbocycles. The second-order valence-electron chi connectivity index (χ2n) is 6.15. The summed E-state index contributed by atoms with van der Waals surface area (Å²) in [6.45, 7) is 9.19. The maximum Gasteiger partial charge on any atom is 0.0726 e. The molecular formula is C18H20S. The Morgan fingerprint density at radius 1 is 1.32 bits per heavy atom. The van der Waals surface area contributed by atoms with E-state index in [1.54, 1.807) is 4.86 Å². The van der Waals surface area contributed by atoms with Crippen LogP contribution in [0.2, 0.25) is 0 Å². The molecular weight excluding hydrogens is 248 g/mol. The molecule has 19 heavy (non-hydrogen) atoms. The fraction of sp³-hybridized carbons (Fsp3) is 0.389. The minimum absolute atomic E-state index is 0.221. The van der Waals surface area contributed by atoms with E-state index in [2.05, 4.69) is 69.2 Å².